The summed E-state index contributed by atoms with van der Waals surface area (Å²) in [6.07, 6.45) is 3.59. The monoisotopic (exact) mass is 490 g/mol. The van der Waals surface area contributed by atoms with Crippen LogP contribution in [-0.4, -0.2) is 57.6 Å². The molecule has 1 aromatic heterocycles. The van der Waals surface area contributed by atoms with E-state index in [0.29, 0.717) is 13.1 Å². The smallest absolute Gasteiger partial charge is 0.331 e. The molecule has 1 aliphatic heterocycles. The maximum atomic E-state index is 13.8. The van der Waals surface area contributed by atoms with Crippen LogP contribution in [0.1, 0.15) is 50.3 Å². The van der Waals surface area contributed by atoms with Crippen molar-refractivity contribution in [1.82, 2.24) is 14.0 Å². The number of halogens is 1. The molecule has 11 heteroatoms. The first-order valence-corrected chi connectivity index (χ1v) is 11.5. The van der Waals surface area contributed by atoms with Gasteiger partial charge in [0.2, 0.25) is 5.91 Å². The van der Waals surface area contributed by atoms with E-state index in [1.807, 2.05) is 0 Å². The van der Waals surface area contributed by atoms with Crippen LogP contribution in [0.5, 0.6) is 5.75 Å². The lowest BCUT2D eigenvalue weighted by atomic mass is 10.1. The van der Waals surface area contributed by atoms with Gasteiger partial charge in [0.25, 0.3) is 5.56 Å². The molecule has 35 heavy (non-hydrogen) atoms. The van der Waals surface area contributed by atoms with Crippen LogP contribution in [0.4, 0.5) is 4.39 Å². The molecule has 2 heterocycles. The van der Waals surface area contributed by atoms with Crippen molar-refractivity contribution in [3.63, 3.8) is 0 Å². The van der Waals surface area contributed by atoms with Gasteiger partial charge in [0.05, 0.1) is 25.4 Å². The second-order valence-electron chi connectivity index (χ2n) is 8.64. The van der Waals surface area contributed by atoms with Crippen molar-refractivity contribution in [3.8, 4) is 5.75 Å². The first-order valence-electron chi connectivity index (χ1n) is 11.5. The summed E-state index contributed by atoms with van der Waals surface area (Å²) in [6, 6.07) is 3.68. The van der Waals surface area contributed by atoms with E-state index in [-0.39, 0.29) is 35.4 Å². The average Bonchev–Trinajstić information content (AvgIpc) is 2.84. The molecule has 3 rings (SSSR count). The summed E-state index contributed by atoms with van der Waals surface area (Å²) in [5.74, 6) is -0.675. The fraction of sp³-hybridized carbons (Fsp3) is 0.500. The normalized spacial score (nSPS) is 15.0. The van der Waals surface area contributed by atoms with Gasteiger partial charge in [-0.1, -0.05) is 5.16 Å². The van der Waals surface area contributed by atoms with Crippen LogP contribution in [0, 0.1) is 5.82 Å². The van der Waals surface area contributed by atoms with Gasteiger partial charge >= 0.3 is 5.69 Å². The van der Waals surface area contributed by atoms with Crippen molar-refractivity contribution in [2.75, 3.05) is 20.2 Å². The number of aliphatic hydroxyl groups is 1. The van der Waals surface area contributed by atoms with Crippen molar-refractivity contribution in [2.45, 2.75) is 58.4 Å². The molecule has 10 nitrogen and oxygen atoms in total. The molecule has 190 valence electrons. The summed E-state index contributed by atoms with van der Waals surface area (Å²) in [4.78, 5) is 45.8. The number of methoxy groups -OCH3 is 1. The maximum absolute atomic E-state index is 13.8. The van der Waals surface area contributed by atoms with Crippen LogP contribution in [0.25, 0.3) is 0 Å². The molecule has 2 aromatic rings. The Morgan fingerprint density at radius 1 is 1.23 bits per heavy atom. The number of carbonyl (C=O) groups is 1. The van der Waals surface area contributed by atoms with Crippen molar-refractivity contribution in [1.29, 1.82) is 0 Å². The molecule has 1 aromatic carbocycles. The van der Waals surface area contributed by atoms with Crippen LogP contribution in [-0.2, 0) is 22.7 Å². The number of aromatic nitrogens is 2. The van der Waals surface area contributed by atoms with Crippen LogP contribution in [0.3, 0.4) is 0 Å². The van der Waals surface area contributed by atoms with Crippen LogP contribution >= 0.6 is 0 Å². The van der Waals surface area contributed by atoms with Crippen molar-refractivity contribution < 1.29 is 23.9 Å². The molecule has 1 atom stereocenters. The maximum Gasteiger partial charge on any atom is 0.331 e. The number of amides is 1. The highest BCUT2D eigenvalue weighted by Crippen LogP contribution is 2.26. The molecule has 1 fully saturated rings. The van der Waals surface area contributed by atoms with E-state index < -0.39 is 29.7 Å². The van der Waals surface area contributed by atoms with Crippen molar-refractivity contribution in [3.05, 3.63) is 62.2 Å². The Kier molecular flexibility index (Phi) is 8.80. The molecule has 0 aliphatic carbocycles. The number of oxime groups is 1. The van der Waals surface area contributed by atoms with Gasteiger partial charge in [0.1, 0.15) is 30.3 Å². The standard InChI is InChI=1S/C24H31FN4O6/c1-16(2)35-26-12-17-13-28(14-20(30)19-11-18(25)7-8-21(19)34-3)24(33)29(23(17)32)15-22(31)27-9-5-4-6-10-27/h7-8,11-13,16,20,30H,4-6,9-10,14-15H2,1-3H3/b26-12-. The largest absolute Gasteiger partial charge is 0.496 e. The first-order chi connectivity index (χ1) is 16.7. The van der Waals surface area contributed by atoms with Crippen LogP contribution in [0.2, 0.25) is 0 Å². The first kappa shape index (κ1) is 26.1. The Bertz CT molecular complexity index is 1180. The summed E-state index contributed by atoms with van der Waals surface area (Å²) in [5, 5.41) is 14.6. The molecule has 1 N–H and O–H groups in total. The molecular weight excluding hydrogens is 459 g/mol. The average molecular weight is 491 g/mol. The zero-order chi connectivity index (χ0) is 25.5. The van der Waals surface area contributed by atoms with Crippen molar-refractivity contribution >= 4 is 12.1 Å². The molecule has 1 saturated heterocycles. The van der Waals surface area contributed by atoms with Crippen molar-refractivity contribution in [2.24, 2.45) is 5.16 Å². The number of likely N-dealkylation sites (tertiary alicyclic amines) is 1. The third-order valence-corrected chi connectivity index (χ3v) is 5.65. The number of nitrogens with zero attached hydrogens (tertiary/aromatic N) is 4. The van der Waals surface area contributed by atoms with Gasteiger partial charge in [-0.15, -0.1) is 0 Å². The molecule has 0 radical (unpaired) electrons. The number of ether oxygens (including phenoxy) is 1. The zero-order valence-corrected chi connectivity index (χ0v) is 20.1. The SMILES string of the molecule is COc1ccc(F)cc1C(O)Cn1cc(/C=N\OC(C)C)c(=O)n(CC(=O)N2CCCCC2)c1=O. The zero-order valence-electron chi connectivity index (χ0n) is 20.1. The lowest BCUT2D eigenvalue weighted by molar-refractivity contribution is -0.132. The highest BCUT2D eigenvalue weighted by atomic mass is 19.1. The summed E-state index contributed by atoms with van der Waals surface area (Å²) < 4.78 is 20.9. The van der Waals surface area contributed by atoms with Gasteiger partial charge in [0.15, 0.2) is 0 Å². The fourth-order valence-corrected chi connectivity index (χ4v) is 3.87. The van der Waals surface area contributed by atoms with E-state index in [0.717, 1.165) is 40.7 Å². The molecule has 1 aliphatic rings. The fourth-order valence-electron chi connectivity index (χ4n) is 3.87. The Hall–Kier alpha value is -3.47. The topological polar surface area (TPSA) is 115 Å². The van der Waals surface area contributed by atoms with Gasteiger partial charge in [-0.3, -0.25) is 18.7 Å². The third kappa shape index (κ3) is 6.56. The number of hydrogen-bond donors (Lipinski definition) is 1. The minimum Gasteiger partial charge on any atom is -0.496 e. The molecule has 0 saturated carbocycles. The number of piperidine rings is 1. The second kappa shape index (κ2) is 11.8. The molecule has 0 spiro atoms. The van der Waals surface area contributed by atoms with Gasteiger partial charge < -0.3 is 19.6 Å². The molecular formula is C24H31FN4O6. The number of rotatable bonds is 9. The van der Waals surface area contributed by atoms with E-state index in [2.05, 4.69) is 5.16 Å². The lowest BCUT2D eigenvalue weighted by Crippen LogP contribution is -2.47. The van der Waals surface area contributed by atoms with Gasteiger partial charge in [-0.05, 0) is 51.3 Å². The number of aliphatic hydroxyl groups excluding tert-OH is 1. The van der Waals surface area contributed by atoms with Crippen LogP contribution in [0.15, 0.2) is 39.1 Å². The summed E-state index contributed by atoms with van der Waals surface area (Å²) in [7, 11) is 1.38. The number of carbonyl (C=O) groups excluding carboxylic acids is 1. The summed E-state index contributed by atoms with van der Waals surface area (Å²) >= 11 is 0. The minimum atomic E-state index is -1.33. The quantitative estimate of drug-likeness (QED) is 0.422. The predicted octanol–water partition coefficient (Wildman–Crippen LogP) is 1.66. The number of hydrogen-bond acceptors (Lipinski definition) is 7. The Morgan fingerprint density at radius 3 is 2.60 bits per heavy atom. The van der Waals surface area contributed by atoms with Crippen LogP contribution < -0.4 is 16.0 Å². The Labute approximate surface area is 202 Å². The van der Waals surface area contributed by atoms with E-state index in [1.54, 1.807) is 18.7 Å². The lowest BCUT2D eigenvalue weighted by Gasteiger charge is -2.27. The minimum absolute atomic E-state index is 0.00454. The summed E-state index contributed by atoms with van der Waals surface area (Å²) in [6.45, 7) is 3.91. The highest BCUT2D eigenvalue weighted by Gasteiger charge is 2.22. The van der Waals surface area contributed by atoms with E-state index in [4.69, 9.17) is 9.57 Å². The van der Waals surface area contributed by atoms with E-state index >= 15 is 0 Å². The van der Waals surface area contributed by atoms with Gasteiger partial charge in [-0.25, -0.2) is 9.18 Å². The molecule has 1 unspecified atom stereocenters. The molecule has 1 amide bonds. The van der Waals surface area contributed by atoms with E-state index in [1.165, 1.54) is 25.4 Å². The van der Waals surface area contributed by atoms with E-state index in [9.17, 15) is 23.9 Å². The number of benzene rings is 1. The second-order valence-corrected chi connectivity index (χ2v) is 8.64. The Morgan fingerprint density at radius 2 is 1.94 bits per heavy atom. The predicted molar refractivity (Wildman–Crippen MR) is 127 cm³/mol. The third-order valence-electron chi connectivity index (χ3n) is 5.65. The highest BCUT2D eigenvalue weighted by molar-refractivity contribution is 5.79. The Balaban J connectivity index is 1.99. The van der Waals surface area contributed by atoms with Gasteiger partial charge in [-0.2, -0.15) is 0 Å². The van der Waals surface area contributed by atoms with Gasteiger partial charge in [0, 0.05) is 24.8 Å². The molecule has 0 bridgehead atoms. The summed E-state index contributed by atoms with van der Waals surface area (Å²) in [5.41, 5.74) is -1.35.